The largest absolute Gasteiger partial charge is 0.258 e. The second-order valence-electron chi connectivity index (χ2n) is 2.63. The molecule has 0 radical (unpaired) electrons. The summed E-state index contributed by atoms with van der Waals surface area (Å²) in [5, 5.41) is 10.5. The number of hydrogen-bond acceptors (Lipinski definition) is 5. The highest BCUT2D eigenvalue weighted by atomic mass is 32.2. The topological polar surface area (TPSA) is 53.0 Å². The molecule has 1 heterocycles. The fourth-order valence-electron chi connectivity index (χ4n) is 1.19. The van der Waals surface area contributed by atoms with Crippen LogP contribution in [0.3, 0.4) is 0 Å². The lowest BCUT2D eigenvalue weighted by molar-refractivity contribution is 0.508. The maximum absolute atomic E-state index is 8.49. The molecule has 0 unspecified atom stereocenters. The highest BCUT2D eigenvalue weighted by Gasteiger charge is 2.17. The Kier molecular flexibility index (Phi) is 2.47. The Morgan fingerprint density at radius 3 is 3.23 bits per heavy atom. The van der Waals surface area contributed by atoms with Crippen molar-refractivity contribution in [1.82, 2.24) is 4.41 Å². The number of rotatable bonds is 1. The van der Waals surface area contributed by atoms with Crippen LogP contribution in [-0.4, -0.2) is 4.41 Å². The van der Waals surface area contributed by atoms with Crippen molar-refractivity contribution in [3.8, 4) is 5.40 Å². The summed E-state index contributed by atoms with van der Waals surface area (Å²) in [4.78, 5) is 2.13. The molecule has 5 heteroatoms. The van der Waals surface area contributed by atoms with Crippen molar-refractivity contribution in [3.05, 3.63) is 23.8 Å². The lowest BCUT2D eigenvalue weighted by Gasteiger charge is -2.00. The van der Waals surface area contributed by atoms with Gasteiger partial charge in [-0.1, -0.05) is 6.07 Å². The van der Waals surface area contributed by atoms with E-state index in [4.69, 9.17) is 11.1 Å². The maximum atomic E-state index is 8.49. The van der Waals surface area contributed by atoms with Crippen LogP contribution in [0.1, 0.15) is 5.56 Å². The van der Waals surface area contributed by atoms with Crippen LogP contribution in [0.5, 0.6) is 0 Å². The third-order valence-electron chi connectivity index (χ3n) is 1.74. The summed E-state index contributed by atoms with van der Waals surface area (Å²) >= 11 is 2.69. The molecule has 0 saturated carbocycles. The van der Waals surface area contributed by atoms with Crippen molar-refractivity contribution in [2.24, 2.45) is 5.84 Å². The summed E-state index contributed by atoms with van der Waals surface area (Å²) in [6.45, 7) is 0.775. The summed E-state index contributed by atoms with van der Waals surface area (Å²) in [7, 11) is 0. The summed E-state index contributed by atoms with van der Waals surface area (Å²) in [6, 6.07) is 5.97. The summed E-state index contributed by atoms with van der Waals surface area (Å²) in [6.07, 6.45) is 0. The standard InChI is InChI=1S/C8H7N3S2/c9-5-12-7-2-1-6-4-11(10)13-8(6)3-7/h1-3H,4,10H2. The number of thiocyanates is 1. The Hall–Kier alpha value is -0.670. The molecule has 1 aliphatic heterocycles. The van der Waals surface area contributed by atoms with E-state index in [9.17, 15) is 0 Å². The fourth-order valence-corrected chi connectivity index (χ4v) is 2.57. The molecule has 1 aromatic carbocycles. The van der Waals surface area contributed by atoms with E-state index in [0.29, 0.717) is 0 Å². The number of hydrogen-bond donors (Lipinski definition) is 1. The maximum Gasteiger partial charge on any atom is 0.138 e. The van der Waals surface area contributed by atoms with E-state index in [2.05, 4.69) is 0 Å². The minimum Gasteiger partial charge on any atom is -0.258 e. The Morgan fingerprint density at radius 1 is 1.62 bits per heavy atom. The van der Waals surface area contributed by atoms with E-state index in [1.165, 1.54) is 29.3 Å². The Balaban J connectivity index is 2.30. The van der Waals surface area contributed by atoms with Crippen molar-refractivity contribution in [3.63, 3.8) is 0 Å². The first-order valence-electron chi connectivity index (χ1n) is 3.68. The third kappa shape index (κ3) is 1.81. The van der Waals surface area contributed by atoms with Crippen LogP contribution in [0.4, 0.5) is 0 Å². The van der Waals surface area contributed by atoms with Gasteiger partial charge in [0, 0.05) is 9.79 Å². The number of thioether (sulfide) groups is 1. The molecule has 2 rings (SSSR count). The van der Waals surface area contributed by atoms with Gasteiger partial charge in [-0.15, -0.1) is 0 Å². The van der Waals surface area contributed by atoms with Crippen molar-refractivity contribution < 1.29 is 0 Å². The number of benzene rings is 1. The molecule has 0 saturated heterocycles. The molecular weight excluding hydrogens is 202 g/mol. The summed E-state index contributed by atoms with van der Waals surface area (Å²) < 4.78 is 1.69. The predicted octanol–water partition coefficient (Wildman–Crippen LogP) is 1.96. The second kappa shape index (κ2) is 3.60. The molecule has 13 heavy (non-hydrogen) atoms. The molecular formula is C8H7N3S2. The zero-order valence-electron chi connectivity index (χ0n) is 6.73. The average Bonchev–Trinajstić information content (AvgIpc) is 2.44. The first-order chi connectivity index (χ1) is 6.29. The minimum absolute atomic E-state index is 0.775. The van der Waals surface area contributed by atoms with Gasteiger partial charge in [-0.05, 0) is 41.4 Å². The molecule has 0 atom stereocenters. The van der Waals surface area contributed by atoms with E-state index in [0.717, 1.165) is 16.3 Å². The van der Waals surface area contributed by atoms with Crippen molar-refractivity contribution >= 4 is 23.7 Å². The Bertz CT molecular complexity index is 372. The lowest BCUT2D eigenvalue weighted by Crippen LogP contribution is -2.17. The van der Waals surface area contributed by atoms with Crippen LogP contribution >= 0.6 is 23.7 Å². The molecule has 0 aromatic heterocycles. The molecule has 1 aliphatic rings. The lowest BCUT2D eigenvalue weighted by atomic mass is 10.2. The van der Waals surface area contributed by atoms with Crippen LogP contribution < -0.4 is 5.84 Å². The molecule has 0 fully saturated rings. The van der Waals surface area contributed by atoms with Crippen molar-refractivity contribution in [1.29, 1.82) is 5.26 Å². The van der Waals surface area contributed by atoms with Crippen LogP contribution in [0.2, 0.25) is 0 Å². The molecule has 0 spiro atoms. The smallest absolute Gasteiger partial charge is 0.138 e. The van der Waals surface area contributed by atoms with Gasteiger partial charge < -0.3 is 0 Å². The molecule has 2 N–H and O–H groups in total. The number of hydrazine groups is 1. The Morgan fingerprint density at radius 2 is 2.46 bits per heavy atom. The van der Waals surface area contributed by atoms with Gasteiger partial charge in [-0.3, -0.25) is 5.84 Å². The molecule has 0 amide bonds. The van der Waals surface area contributed by atoms with Gasteiger partial charge in [-0.25, -0.2) is 0 Å². The molecule has 3 nitrogen and oxygen atoms in total. The number of nitriles is 1. The van der Waals surface area contributed by atoms with Gasteiger partial charge in [0.2, 0.25) is 0 Å². The number of nitrogens with zero attached hydrogens (tertiary/aromatic N) is 2. The first kappa shape index (κ1) is 8.91. The highest BCUT2D eigenvalue weighted by Crippen LogP contribution is 2.35. The van der Waals surface area contributed by atoms with E-state index >= 15 is 0 Å². The van der Waals surface area contributed by atoms with E-state index in [1.54, 1.807) is 4.41 Å². The molecule has 1 aromatic rings. The molecule has 66 valence electrons. The van der Waals surface area contributed by atoms with Crippen molar-refractivity contribution in [2.45, 2.75) is 16.3 Å². The summed E-state index contributed by atoms with van der Waals surface area (Å²) in [5.41, 5.74) is 1.23. The monoisotopic (exact) mass is 209 g/mol. The van der Waals surface area contributed by atoms with Gasteiger partial charge in [0.05, 0.1) is 6.54 Å². The van der Waals surface area contributed by atoms with E-state index in [1.807, 2.05) is 23.6 Å². The second-order valence-corrected chi connectivity index (χ2v) is 4.58. The zero-order valence-corrected chi connectivity index (χ0v) is 8.36. The van der Waals surface area contributed by atoms with Crippen LogP contribution in [0, 0.1) is 10.7 Å². The molecule has 0 bridgehead atoms. The molecule has 0 aliphatic carbocycles. The SMILES string of the molecule is N#CSc1ccc2c(c1)SN(N)C2. The number of nitrogens with two attached hydrogens (primary N) is 1. The normalized spacial score (nSPS) is 15.4. The van der Waals surface area contributed by atoms with Gasteiger partial charge in [-0.2, -0.15) is 9.68 Å². The quantitative estimate of drug-likeness (QED) is 0.331. The van der Waals surface area contributed by atoms with Gasteiger partial charge in [0.1, 0.15) is 5.40 Å². The number of fused-ring (bicyclic) bond motifs is 1. The summed E-state index contributed by atoms with van der Waals surface area (Å²) in [5.74, 6) is 5.63. The predicted molar refractivity (Wildman–Crippen MR) is 53.5 cm³/mol. The van der Waals surface area contributed by atoms with Crippen LogP contribution in [0.25, 0.3) is 0 Å². The van der Waals surface area contributed by atoms with Crippen molar-refractivity contribution in [2.75, 3.05) is 0 Å². The highest BCUT2D eigenvalue weighted by molar-refractivity contribution is 8.03. The fraction of sp³-hybridized carbons (Fsp3) is 0.125. The van der Waals surface area contributed by atoms with E-state index in [-0.39, 0.29) is 0 Å². The Labute approximate surface area is 85.0 Å². The van der Waals surface area contributed by atoms with Crippen LogP contribution in [-0.2, 0) is 6.54 Å². The van der Waals surface area contributed by atoms with Crippen LogP contribution in [0.15, 0.2) is 28.0 Å². The van der Waals surface area contributed by atoms with Gasteiger partial charge in [0.25, 0.3) is 0 Å². The first-order valence-corrected chi connectivity index (χ1v) is 5.27. The zero-order chi connectivity index (χ0) is 9.26. The van der Waals surface area contributed by atoms with E-state index < -0.39 is 0 Å². The third-order valence-corrected chi connectivity index (χ3v) is 3.27. The average molecular weight is 209 g/mol. The van der Waals surface area contributed by atoms with Gasteiger partial charge >= 0.3 is 0 Å². The minimum atomic E-state index is 0.775. The van der Waals surface area contributed by atoms with Gasteiger partial charge in [0.15, 0.2) is 0 Å².